The SMILES string of the molecule is CC#CCC(Oc1cccc(Cl)c1)c1ncccc1Br. The van der Waals surface area contributed by atoms with Crippen LogP contribution in [0.2, 0.25) is 5.02 Å². The Morgan fingerprint density at radius 2 is 2.20 bits per heavy atom. The summed E-state index contributed by atoms with van der Waals surface area (Å²) in [4.78, 5) is 4.38. The quantitative estimate of drug-likeness (QED) is 0.721. The topological polar surface area (TPSA) is 22.1 Å². The largest absolute Gasteiger partial charge is 0.483 e. The first kappa shape index (κ1) is 14.9. The molecule has 102 valence electrons. The van der Waals surface area contributed by atoms with E-state index in [9.17, 15) is 0 Å². The van der Waals surface area contributed by atoms with Crippen LogP contribution in [0.5, 0.6) is 5.75 Å². The van der Waals surface area contributed by atoms with E-state index in [0.717, 1.165) is 10.2 Å². The van der Waals surface area contributed by atoms with E-state index in [1.54, 1.807) is 12.3 Å². The highest BCUT2D eigenvalue weighted by atomic mass is 79.9. The highest BCUT2D eigenvalue weighted by molar-refractivity contribution is 9.10. The lowest BCUT2D eigenvalue weighted by molar-refractivity contribution is 0.206. The maximum atomic E-state index is 5.98. The van der Waals surface area contributed by atoms with Crippen molar-refractivity contribution in [1.29, 1.82) is 0 Å². The Kier molecular flexibility index (Phi) is 5.46. The smallest absolute Gasteiger partial charge is 0.152 e. The van der Waals surface area contributed by atoms with Crippen LogP contribution in [0.25, 0.3) is 0 Å². The van der Waals surface area contributed by atoms with Gasteiger partial charge >= 0.3 is 0 Å². The lowest BCUT2D eigenvalue weighted by Crippen LogP contribution is -2.09. The molecule has 0 N–H and O–H groups in total. The Morgan fingerprint density at radius 3 is 2.90 bits per heavy atom. The van der Waals surface area contributed by atoms with Gasteiger partial charge in [0.05, 0.1) is 12.1 Å². The van der Waals surface area contributed by atoms with Gasteiger partial charge in [-0.15, -0.1) is 5.92 Å². The Hall–Kier alpha value is -1.50. The Morgan fingerprint density at radius 1 is 1.35 bits per heavy atom. The molecule has 0 aliphatic heterocycles. The van der Waals surface area contributed by atoms with Gasteiger partial charge in [0.25, 0.3) is 0 Å². The minimum atomic E-state index is -0.239. The molecule has 2 rings (SSSR count). The van der Waals surface area contributed by atoms with E-state index < -0.39 is 0 Å². The third-order valence-corrected chi connectivity index (χ3v) is 3.54. The molecule has 1 unspecified atom stereocenters. The second-order valence-electron chi connectivity index (χ2n) is 4.07. The van der Waals surface area contributed by atoms with E-state index in [-0.39, 0.29) is 6.10 Å². The number of aromatic nitrogens is 1. The lowest BCUT2D eigenvalue weighted by atomic mass is 10.1. The normalized spacial score (nSPS) is 11.3. The summed E-state index contributed by atoms with van der Waals surface area (Å²) in [6.07, 6.45) is 2.07. The van der Waals surface area contributed by atoms with Crippen LogP contribution in [0.1, 0.15) is 25.1 Å². The van der Waals surface area contributed by atoms with Gasteiger partial charge in [0.2, 0.25) is 0 Å². The number of hydrogen-bond donors (Lipinski definition) is 0. The summed E-state index contributed by atoms with van der Waals surface area (Å²) in [6.45, 7) is 1.81. The van der Waals surface area contributed by atoms with E-state index in [0.29, 0.717) is 17.2 Å². The van der Waals surface area contributed by atoms with Crippen molar-refractivity contribution in [3.63, 3.8) is 0 Å². The van der Waals surface area contributed by atoms with Crippen molar-refractivity contribution in [1.82, 2.24) is 4.98 Å². The molecule has 0 aliphatic carbocycles. The van der Waals surface area contributed by atoms with Gasteiger partial charge in [-0.2, -0.15) is 0 Å². The van der Waals surface area contributed by atoms with Crippen LogP contribution < -0.4 is 4.74 Å². The zero-order valence-corrected chi connectivity index (χ0v) is 13.3. The molecule has 2 nitrogen and oxygen atoms in total. The van der Waals surface area contributed by atoms with Crippen molar-refractivity contribution < 1.29 is 4.74 Å². The molecule has 0 spiro atoms. The Labute approximate surface area is 132 Å². The van der Waals surface area contributed by atoms with E-state index in [4.69, 9.17) is 16.3 Å². The molecular weight excluding hydrogens is 338 g/mol. The number of hydrogen-bond acceptors (Lipinski definition) is 2. The maximum absolute atomic E-state index is 5.98. The monoisotopic (exact) mass is 349 g/mol. The van der Waals surface area contributed by atoms with Gasteiger partial charge < -0.3 is 4.74 Å². The number of pyridine rings is 1. The number of halogens is 2. The van der Waals surface area contributed by atoms with E-state index in [1.165, 1.54) is 0 Å². The minimum Gasteiger partial charge on any atom is -0.483 e. The van der Waals surface area contributed by atoms with Crippen LogP contribution in [-0.4, -0.2) is 4.98 Å². The van der Waals surface area contributed by atoms with E-state index in [2.05, 4.69) is 32.8 Å². The van der Waals surface area contributed by atoms with Gasteiger partial charge in [-0.1, -0.05) is 23.6 Å². The van der Waals surface area contributed by atoms with E-state index in [1.807, 2.05) is 37.3 Å². The van der Waals surface area contributed by atoms with Gasteiger partial charge in [-0.05, 0) is 53.2 Å². The summed E-state index contributed by atoms with van der Waals surface area (Å²) < 4.78 is 6.89. The zero-order chi connectivity index (χ0) is 14.4. The van der Waals surface area contributed by atoms with Gasteiger partial charge in [-0.25, -0.2) is 0 Å². The fourth-order valence-corrected chi connectivity index (χ4v) is 2.42. The Balaban J connectivity index is 2.28. The minimum absolute atomic E-state index is 0.239. The number of rotatable bonds is 4. The third-order valence-electron chi connectivity index (χ3n) is 2.63. The van der Waals surface area contributed by atoms with Crippen molar-refractivity contribution >= 4 is 27.5 Å². The summed E-state index contributed by atoms with van der Waals surface area (Å²) in [7, 11) is 0. The third kappa shape index (κ3) is 4.00. The lowest BCUT2D eigenvalue weighted by Gasteiger charge is -2.17. The van der Waals surface area contributed by atoms with Crippen molar-refractivity contribution in [3.05, 3.63) is 57.8 Å². The van der Waals surface area contributed by atoms with Gasteiger partial charge in [0.15, 0.2) is 6.10 Å². The summed E-state index contributed by atoms with van der Waals surface area (Å²) in [5.41, 5.74) is 0.829. The van der Waals surface area contributed by atoms with Crippen LogP contribution in [0, 0.1) is 11.8 Å². The average molecular weight is 351 g/mol. The standard InChI is InChI=1S/C16H13BrClNO/c1-2-3-9-15(16-14(17)8-5-10-19-16)20-13-7-4-6-12(18)11-13/h4-8,10-11,15H,9H2,1H3. The molecule has 1 heterocycles. The molecule has 0 fully saturated rings. The molecule has 0 radical (unpaired) electrons. The number of benzene rings is 1. The summed E-state index contributed by atoms with van der Waals surface area (Å²) in [5.74, 6) is 6.63. The second-order valence-corrected chi connectivity index (χ2v) is 5.36. The van der Waals surface area contributed by atoms with Crippen LogP contribution in [0.15, 0.2) is 47.1 Å². The number of nitrogens with zero attached hydrogens (tertiary/aromatic N) is 1. The van der Waals surface area contributed by atoms with E-state index >= 15 is 0 Å². The molecule has 0 saturated heterocycles. The van der Waals surface area contributed by atoms with Crippen LogP contribution >= 0.6 is 27.5 Å². The molecule has 2 aromatic rings. The molecular formula is C16H13BrClNO. The predicted molar refractivity (Wildman–Crippen MR) is 84.8 cm³/mol. The molecule has 1 atom stereocenters. The fraction of sp³-hybridized carbons (Fsp3) is 0.188. The molecule has 20 heavy (non-hydrogen) atoms. The highest BCUT2D eigenvalue weighted by Gasteiger charge is 2.17. The molecule has 1 aromatic heterocycles. The molecule has 4 heteroatoms. The number of ether oxygens (including phenoxy) is 1. The van der Waals surface area contributed by atoms with Gasteiger partial charge in [-0.3, -0.25) is 4.98 Å². The summed E-state index contributed by atoms with van der Waals surface area (Å²) >= 11 is 9.48. The first-order chi connectivity index (χ1) is 9.70. The van der Waals surface area contributed by atoms with Gasteiger partial charge in [0.1, 0.15) is 5.75 Å². The first-order valence-electron chi connectivity index (χ1n) is 6.13. The fourth-order valence-electron chi connectivity index (χ4n) is 1.73. The molecule has 0 saturated carbocycles. The van der Waals surface area contributed by atoms with Crippen molar-refractivity contribution in [2.75, 3.05) is 0 Å². The average Bonchev–Trinajstić information content (AvgIpc) is 2.44. The summed E-state index contributed by atoms with van der Waals surface area (Å²) in [5, 5.41) is 0.642. The van der Waals surface area contributed by atoms with Crippen LogP contribution in [0.4, 0.5) is 0 Å². The zero-order valence-electron chi connectivity index (χ0n) is 10.9. The Bertz CT molecular complexity index is 648. The van der Waals surface area contributed by atoms with Crippen LogP contribution in [0.3, 0.4) is 0 Å². The van der Waals surface area contributed by atoms with Crippen molar-refractivity contribution in [2.45, 2.75) is 19.4 Å². The maximum Gasteiger partial charge on any atom is 0.152 e. The van der Waals surface area contributed by atoms with Crippen molar-refractivity contribution in [3.8, 4) is 17.6 Å². The van der Waals surface area contributed by atoms with Crippen LogP contribution in [-0.2, 0) is 0 Å². The molecule has 0 aliphatic rings. The second kappa shape index (κ2) is 7.33. The van der Waals surface area contributed by atoms with Gasteiger partial charge in [0, 0.05) is 15.7 Å². The predicted octanol–water partition coefficient (Wildman–Crippen LogP) is 5.03. The molecule has 0 amide bonds. The molecule has 0 bridgehead atoms. The van der Waals surface area contributed by atoms with Crippen molar-refractivity contribution in [2.24, 2.45) is 0 Å². The molecule has 1 aromatic carbocycles. The summed E-state index contributed by atoms with van der Waals surface area (Å²) in [6, 6.07) is 11.1. The highest BCUT2D eigenvalue weighted by Crippen LogP contribution is 2.29. The first-order valence-corrected chi connectivity index (χ1v) is 7.30.